The van der Waals surface area contributed by atoms with Gasteiger partial charge >= 0.3 is 5.97 Å². The average Bonchev–Trinajstić information content (AvgIpc) is 2.59. The van der Waals surface area contributed by atoms with Gasteiger partial charge in [-0.15, -0.1) is 0 Å². The maximum atomic E-state index is 12.1. The Hall–Kier alpha value is -2.58. The van der Waals surface area contributed by atoms with Gasteiger partial charge in [0.1, 0.15) is 5.75 Å². The molecule has 0 radical (unpaired) electrons. The number of benzene rings is 2. The van der Waals surface area contributed by atoms with Crippen LogP contribution in [0.15, 0.2) is 42.5 Å². The van der Waals surface area contributed by atoms with Gasteiger partial charge in [0.05, 0.1) is 19.8 Å². The number of hydrogen-bond acceptors (Lipinski definition) is 6. The van der Waals surface area contributed by atoms with E-state index in [0.29, 0.717) is 27.6 Å². The zero-order chi connectivity index (χ0) is 20.0. The number of ketones is 1. The van der Waals surface area contributed by atoms with E-state index in [1.165, 1.54) is 31.4 Å². The molecule has 0 amide bonds. The van der Waals surface area contributed by atoms with Gasteiger partial charge < -0.3 is 9.47 Å². The van der Waals surface area contributed by atoms with E-state index >= 15 is 0 Å². The van der Waals surface area contributed by atoms with E-state index in [2.05, 4.69) is 4.72 Å². The fourth-order valence-electron chi connectivity index (χ4n) is 2.26. The maximum Gasteiger partial charge on any atom is 0.310 e. The standard InChI is InChI=1S/C18H18ClNO6S/c1-25-17-8-5-14(19)9-13(17)10-18(22)26-11-16(21)12-3-6-15(7-4-12)20-27(2,23)24/h3-9,20H,10-11H2,1-2H3. The summed E-state index contributed by atoms with van der Waals surface area (Å²) in [6.45, 7) is -0.430. The minimum Gasteiger partial charge on any atom is -0.496 e. The first-order valence-electron chi connectivity index (χ1n) is 7.77. The van der Waals surface area contributed by atoms with Crippen molar-refractivity contribution in [3.05, 3.63) is 58.6 Å². The zero-order valence-corrected chi connectivity index (χ0v) is 16.3. The number of esters is 1. The molecule has 0 unspecified atom stereocenters. The molecule has 1 N–H and O–H groups in total. The van der Waals surface area contributed by atoms with Crippen molar-refractivity contribution in [2.24, 2.45) is 0 Å². The fraction of sp³-hybridized carbons (Fsp3) is 0.222. The highest BCUT2D eigenvalue weighted by molar-refractivity contribution is 7.92. The molecule has 7 nitrogen and oxygen atoms in total. The van der Waals surface area contributed by atoms with Gasteiger partial charge in [-0.3, -0.25) is 14.3 Å². The second kappa shape index (κ2) is 8.88. The molecular weight excluding hydrogens is 394 g/mol. The molecule has 27 heavy (non-hydrogen) atoms. The van der Waals surface area contributed by atoms with Gasteiger partial charge in [-0.05, 0) is 42.5 Å². The van der Waals surface area contributed by atoms with E-state index in [9.17, 15) is 18.0 Å². The first kappa shape index (κ1) is 20.7. The van der Waals surface area contributed by atoms with Crippen molar-refractivity contribution in [2.75, 3.05) is 24.7 Å². The molecule has 0 saturated heterocycles. The Bertz CT molecular complexity index is 941. The monoisotopic (exact) mass is 411 g/mol. The first-order chi connectivity index (χ1) is 12.7. The second-order valence-electron chi connectivity index (χ2n) is 5.67. The highest BCUT2D eigenvalue weighted by Gasteiger charge is 2.14. The van der Waals surface area contributed by atoms with Crippen LogP contribution in [0, 0.1) is 0 Å². The number of carbonyl (C=O) groups is 2. The van der Waals surface area contributed by atoms with Crippen LogP contribution in [0.1, 0.15) is 15.9 Å². The lowest BCUT2D eigenvalue weighted by molar-refractivity contribution is -0.141. The lowest BCUT2D eigenvalue weighted by atomic mass is 10.1. The summed E-state index contributed by atoms with van der Waals surface area (Å²) in [6.07, 6.45) is 0.939. The van der Waals surface area contributed by atoms with E-state index in [1.807, 2.05) is 0 Å². The van der Waals surface area contributed by atoms with Gasteiger partial charge in [-0.2, -0.15) is 0 Å². The normalized spacial score (nSPS) is 10.9. The summed E-state index contributed by atoms with van der Waals surface area (Å²) >= 11 is 5.91. The Morgan fingerprint density at radius 3 is 2.37 bits per heavy atom. The Labute approximate surface area is 162 Å². The number of methoxy groups -OCH3 is 1. The minimum atomic E-state index is -3.39. The molecule has 0 atom stereocenters. The molecule has 0 aromatic heterocycles. The van der Waals surface area contributed by atoms with Crippen molar-refractivity contribution in [1.82, 2.24) is 0 Å². The van der Waals surface area contributed by atoms with E-state index in [4.69, 9.17) is 21.1 Å². The minimum absolute atomic E-state index is 0.0891. The van der Waals surface area contributed by atoms with Crippen LogP contribution in [0.4, 0.5) is 5.69 Å². The quantitative estimate of drug-likeness (QED) is 0.529. The number of sulfonamides is 1. The molecule has 0 bridgehead atoms. The largest absolute Gasteiger partial charge is 0.496 e. The number of rotatable bonds is 8. The molecule has 0 spiro atoms. The molecule has 144 valence electrons. The Kier molecular flexibility index (Phi) is 6.81. The van der Waals surface area contributed by atoms with Gasteiger partial charge in [-0.25, -0.2) is 8.42 Å². The molecule has 0 aliphatic heterocycles. The second-order valence-corrected chi connectivity index (χ2v) is 7.85. The molecule has 0 aliphatic carbocycles. The highest BCUT2D eigenvalue weighted by atomic mass is 35.5. The Morgan fingerprint density at radius 2 is 1.78 bits per heavy atom. The zero-order valence-electron chi connectivity index (χ0n) is 14.7. The third-order valence-electron chi connectivity index (χ3n) is 3.45. The summed E-state index contributed by atoms with van der Waals surface area (Å²) in [5.74, 6) is -0.511. The van der Waals surface area contributed by atoms with Gasteiger partial charge in [0.25, 0.3) is 0 Å². The topological polar surface area (TPSA) is 98.8 Å². The van der Waals surface area contributed by atoms with Crippen molar-refractivity contribution in [3.63, 3.8) is 0 Å². The first-order valence-corrected chi connectivity index (χ1v) is 10.0. The van der Waals surface area contributed by atoms with Crippen LogP contribution in [0.3, 0.4) is 0 Å². The van der Waals surface area contributed by atoms with Gasteiger partial charge in [0, 0.05) is 21.8 Å². The number of nitrogens with one attached hydrogen (secondary N) is 1. The molecule has 0 saturated carbocycles. The summed E-state index contributed by atoms with van der Waals surface area (Å²) in [6, 6.07) is 10.7. The predicted molar refractivity (Wildman–Crippen MR) is 102 cm³/mol. The van der Waals surface area contributed by atoms with E-state index < -0.39 is 28.4 Å². The van der Waals surface area contributed by atoms with E-state index in [0.717, 1.165) is 6.26 Å². The van der Waals surface area contributed by atoms with E-state index in [1.54, 1.807) is 18.2 Å². The summed E-state index contributed by atoms with van der Waals surface area (Å²) < 4.78 is 34.8. The highest BCUT2D eigenvalue weighted by Crippen LogP contribution is 2.23. The van der Waals surface area contributed by atoms with Crippen LogP contribution in [0.5, 0.6) is 5.75 Å². The van der Waals surface area contributed by atoms with Crippen molar-refractivity contribution in [1.29, 1.82) is 0 Å². The number of ether oxygens (including phenoxy) is 2. The Balaban J connectivity index is 1.93. The average molecular weight is 412 g/mol. The van der Waals surface area contributed by atoms with Crippen molar-refractivity contribution in [3.8, 4) is 5.75 Å². The molecule has 0 aliphatic rings. The smallest absolute Gasteiger partial charge is 0.310 e. The van der Waals surface area contributed by atoms with Crippen molar-refractivity contribution >= 4 is 39.1 Å². The summed E-state index contributed by atoms with van der Waals surface area (Å²) in [5.41, 5.74) is 1.18. The maximum absolute atomic E-state index is 12.1. The van der Waals surface area contributed by atoms with Crippen molar-refractivity contribution in [2.45, 2.75) is 6.42 Å². The van der Waals surface area contributed by atoms with Crippen LogP contribution in [-0.4, -0.2) is 40.1 Å². The predicted octanol–water partition coefficient (Wildman–Crippen LogP) is 2.69. The molecule has 2 aromatic rings. The third-order valence-corrected chi connectivity index (χ3v) is 4.29. The molecule has 2 rings (SSSR count). The lowest BCUT2D eigenvalue weighted by Gasteiger charge is -2.09. The number of anilines is 1. The molecule has 2 aromatic carbocycles. The molecule has 9 heteroatoms. The van der Waals surface area contributed by atoms with Crippen LogP contribution >= 0.6 is 11.6 Å². The summed E-state index contributed by atoms with van der Waals surface area (Å²) in [5, 5.41) is 0.456. The van der Waals surface area contributed by atoms with Crippen LogP contribution in [-0.2, 0) is 26.0 Å². The van der Waals surface area contributed by atoms with Crippen LogP contribution < -0.4 is 9.46 Å². The lowest BCUT2D eigenvalue weighted by Crippen LogP contribution is -2.16. The number of hydrogen-bond donors (Lipinski definition) is 1. The van der Waals surface area contributed by atoms with Crippen LogP contribution in [0.2, 0.25) is 5.02 Å². The summed E-state index contributed by atoms with van der Waals surface area (Å²) in [7, 11) is -1.92. The Morgan fingerprint density at radius 1 is 1.11 bits per heavy atom. The molecule has 0 fully saturated rings. The van der Waals surface area contributed by atoms with Gasteiger partial charge in [0.2, 0.25) is 10.0 Å². The fourth-order valence-corrected chi connectivity index (χ4v) is 3.02. The van der Waals surface area contributed by atoms with E-state index in [-0.39, 0.29) is 6.42 Å². The number of Topliss-reactive ketones (excluding diaryl/α,β-unsaturated/α-hetero) is 1. The number of carbonyl (C=O) groups excluding carboxylic acids is 2. The van der Waals surface area contributed by atoms with Gasteiger partial charge in [-0.1, -0.05) is 11.6 Å². The van der Waals surface area contributed by atoms with Crippen molar-refractivity contribution < 1.29 is 27.5 Å². The molecule has 0 heterocycles. The third kappa shape index (κ3) is 6.58. The number of halogens is 1. The summed E-state index contributed by atoms with van der Waals surface area (Å²) in [4.78, 5) is 24.1. The van der Waals surface area contributed by atoms with Crippen LogP contribution in [0.25, 0.3) is 0 Å². The molecular formula is C18H18ClNO6S. The SMILES string of the molecule is COc1ccc(Cl)cc1CC(=O)OCC(=O)c1ccc(NS(C)(=O)=O)cc1. The van der Waals surface area contributed by atoms with Gasteiger partial charge in [0.15, 0.2) is 12.4 Å².